The minimum Gasteiger partial charge on any atom is -0.379 e. The quantitative estimate of drug-likeness (QED) is 0.537. The Morgan fingerprint density at radius 2 is 2.00 bits per heavy atom. The number of rotatable bonds is 7. The molecule has 0 aliphatic rings. The Hall–Kier alpha value is -0.120. The fourth-order valence-corrected chi connectivity index (χ4v) is 0.670. The lowest BCUT2D eigenvalue weighted by molar-refractivity contribution is 0.119. The van der Waals surface area contributed by atoms with Crippen LogP contribution < -0.4 is 5.32 Å². The molecule has 0 heterocycles. The van der Waals surface area contributed by atoms with E-state index in [1.807, 2.05) is 14.1 Å². The molecule has 68 valence electrons. The summed E-state index contributed by atoms with van der Waals surface area (Å²) in [6.07, 6.45) is 0. The van der Waals surface area contributed by atoms with Gasteiger partial charge in [0.2, 0.25) is 0 Å². The van der Waals surface area contributed by atoms with Gasteiger partial charge < -0.3 is 15.0 Å². The van der Waals surface area contributed by atoms with Crippen molar-refractivity contribution in [2.45, 2.75) is 6.92 Å². The van der Waals surface area contributed by atoms with E-state index in [9.17, 15) is 0 Å². The van der Waals surface area contributed by atoms with Gasteiger partial charge in [0.25, 0.3) is 0 Å². The normalized spacial score (nSPS) is 10.9. The molecule has 0 saturated carbocycles. The number of ether oxygens (including phenoxy) is 1. The summed E-state index contributed by atoms with van der Waals surface area (Å²) in [6.45, 7) is 6.74. The summed E-state index contributed by atoms with van der Waals surface area (Å²) in [5.74, 6) is 0. The van der Waals surface area contributed by atoms with Crippen molar-refractivity contribution < 1.29 is 4.74 Å². The van der Waals surface area contributed by atoms with Gasteiger partial charge in [-0.1, -0.05) is 6.92 Å². The molecule has 0 atom stereocenters. The van der Waals surface area contributed by atoms with Crippen LogP contribution >= 0.6 is 0 Å². The van der Waals surface area contributed by atoms with E-state index in [0.29, 0.717) is 0 Å². The smallest absolute Gasteiger partial charge is 0.0593 e. The number of hydrogen-bond acceptors (Lipinski definition) is 3. The number of hydrogen-bond donors (Lipinski definition) is 1. The molecule has 3 nitrogen and oxygen atoms in total. The molecule has 0 unspecified atom stereocenters. The van der Waals surface area contributed by atoms with Crippen molar-refractivity contribution in [1.29, 1.82) is 0 Å². The van der Waals surface area contributed by atoms with Crippen molar-refractivity contribution in [1.82, 2.24) is 10.2 Å². The second-order valence-corrected chi connectivity index (χ2v) is 2.77. The van der Waals surface area contributed by atoms with E-state index in [-0.39, 0.29) is 0 Å². The largest absolute Gasteiger partial charge is 0.379 e. The van der Waals surface area contributed by atoms with Crippen LogP contribution in [0, 0.1) is 0 Å². The first kappa shape index (κ1) is 10.9. The Kier molecular flexibility index (Phi) is 7.89. The highest BCUT2D eigenvalue weighted by Gasteiger charge is 1.89. The van der Waals surface area contributed by atoms with E-state index in [1.165, 1.54) is 0 Å². The predicted molar refractivity (Wildman–Crippen MR) is 47.9 cm³/mol. The summed E-state index contributed by atoms with van der Waals surface area (Å²) in [7, 11) is 4.10. The molecule has 3 heteroatoms. The van der Waals surface area contributed by atoms with E-state index in [4.69, 9.17) is 4.74 Å². The molecule has 11 heavy (non-hydrogen) atoms. The van der Waals surface area contributed by atoms with Gasteiger partial charge in [0.1, 0.15) is 0 Å². The van der Waals surface area contributed by atoms with E-state index in [0.717, 1.165) is 32.8 Å². The highest BCUT2D eigenvalue weighted by molar-refractivity contribution is 4.43. The van der Waals surface area contributed by atoms with Gasteiger partial charge in [-0.25, -0.2) is 0 Å². The van der Waals surface area contributed by atoms with Gasteiger partial charge >= 0.3 is 0 Å². The van der Waals surface area contributed by atoms with E-state index in [1.54, 1.807) is 0 Å². The first-order valence-electron chi connectivity index (χ1n) is 4.20. The fourth-order valence-electron chi connectivity index (χ4n) is 0.670. The van der Waals surface area contributed by atoms with Gasteiger partial charge in [-0.3, -0.25) is 0 Å². The van der Waals surface area contributed by atoms with Gasteiger partial charge in [-0.15, -0.1) is 0 Å². The first-order chi connectivity index (χ1) is 5.27. The molecule has 0 aromatic heterocycles. The maximum Gasteiger partial charge on any atom is 0.0593 e. The standard InChI is InChI=1S/C8H20N2O/c1-4-9-5-7-11-8-6-10(2)3/h9H,4-8H2,1-3H3. The summed E-state index contributed by atoms with van der Waals surface area (Å²) in [5.41, 5.74) is 0. The number of nitrogens with one attached hydrogen (secondary N) is 1. The Balaban J connectivity index is 2.80. The summed E-state index contributed by atoms with van der Waals surface area (Å²) < 4.78 is 5.34. The van der Waals surface area contributed by atoms with Gasteiger partial charge in [0.05, 0.1) is 13.2 Å². The third kappa shape index (κ3) is 9.88. The average molecular weight is 160 g/mol. The highest BCUT2D eigenvalue weighted by Crippen LogP contribution is 1.76. The molecule has 0 amide bonds. The summed E-state index contributed by atoms with van der Waals surface area (Å²) in [4.78, 5) is 2.12. The van der Waals surface area contributed by atoms with E-state index >= 15 is 0 Å². The monoisotopic (exact) mass is 160 g/mol. The number of nitrogens with zero attached hydrogens (tertiary/aromatic N) is 1. The molecular weight excluding hydrogens is 140 g/mol. The fraction of sp³-hybridized carbons (Fsp3) is 1.00. The molecule has 0 aromatic rings. The lowest BCUT2D eigenvalue weighted by atomic mass is 10.6. The average Bonchev–Trinajstić information content (AvgIpc) is 1.96. The molecule has 0 bridgehead atoms. The molecule has 0 radical (unpaired) electrons. The highest BCUT2D eigenvalue weighted by atomic mass is 16.5. The minimum atomic E-state index is 0.821. The maximum atomic E-state index is 5.34. The Morgan fingerprint density at radius 1 is 1.27 bits per heavy atom. The summed E-state index contributed by atoms with van der Waals surface area (Å²) in [6, 6.07) is 0. The van der Waals surface area contributed by atoms with Gasteiger partial charge in [-0.05, 0) is 20.6 Å². The molecular formula is C8H20N2O. The molecule has 0 spiro atoms. The van der Waals surface area contributed by atoms with Crippen LogP contribution in [0.2, 0.25) is 0 Å². The summed E-state index contributed by atoms with van der Waals surface area (Å²) in [5, 5.41) is 3.20. The minimum absolute atomic E-state index is 0.821. The second-order valence-electron chi connectivity index (χ2n) is 2.77. The topological polar surface area (TPSA) is 24.5 Å². The van der Waals surface area contributed by atoms with Crippen LogP contribution in [0.4, 0.5) is 0 Å². The van der Waals surface area contributed by atoms with Crippen LogP contribution in [0.1, 0.15) is 6.92 Å². The van der Waals surface area contributed by atoms with E-state index in [2.05, 4.69) is 17.1 Å². The van der Waals surface area contributed by atoms with E-state index < -0.39 is 0 Å². The van der Waals surface area contributed by atoms with Crippen molar-refractivity contribution >= 4 is 0 Å². The molecule has 0 fully saturated rings. The third-order valence-electron chi connectivity index (χ3n) is 1.36. The molecule has 0 rings (SSSR count). The van der Waals surface area contributed by atoms with Gasteiger partial charge in [0.15, 0.2) is 0 Å². The molecule has 0 saturated heterocycles. The Bertz CT molecular complexity index is 76.5. The zero-order valence-electron chi connectivity index (χ0n) is 7.89. The van der Waals surface area contributed by atoms with Crippen LogP contribution in [0.3, 0.4) is 0 Å². The first-order valence-corrected chi connectivity index (χ1v) is 4.20. The number of likely N-dealkylation sites (N-methyl/N-ethyl adjacent to an activating group) is 2. The van der Waals surface area contributed by atoms with Crippen molar-refractivity contribution in [2.24, 2.45) is 0 Å². The molecule has 0 aromatic carbocycles. The lowest BCUT2D eigenvalue weighted by Gasteiger charge is -2.09. The molecule has 1 N–H and O–H groups in total. The van der Waals surface area contributed by atoms with Crippen LogP contribution in [-0.4, -0.2) is 51.8 Å². The van der Waals surface area contributed by atoms with Crippen molar-refractivity contribution in [3.63, 3.8) is 0 Å². The SMILES string of the molecule is CCNCCOCCN(C)C. The zero-order valence-corrected chi connectivity index (χ0v) is 7.89. The predicted octanol–water partition coefficient (Wildman–Crippen LogP) is 0.174. The van der Waals surface area contributed by atoms with Crippen molar-refractivity contribution in [2.75, 3.05) is 46.9 Å². The lowest BCUT2D eigenvalue weighted by Crippen LogP contribution is -2.22. The van der Waals surface area contributed by atoms with Crippen molar-refractivity contribution in [3.05, 3.63) is 0 Å². The molecule has 0 aliphatic carbocycles. The van der Waals surface area contributed by atoms with Gasteiger partial charge in [0, 0.05) is 13.1 Å². The Morgan fingerprint density at radius 3 is 2.55 bits per heavy atom. The maximum absolute atomic E-state index is 5.34. The van der Waals surface area contributed by atoms with Crippen LogP contribution in [0.15, 0.2) is 0 Å². The third-order valence-corrected chi connectivity index (χ3v) is 1.36. The summed E-state index contributed by atoms with van der Waals surface area (Å²) >= 11 is 0. The molecule has 0 aliphatic heterocycles. The van der Waals surface area contributed by atoms with Crippen molar-refractivity contribution in [3.8, 4) is 0 Å². The zero-order chi connectivity index (χ0) is 8.53. The second kappa shape index (κ2) is 7.98. The van der Waals surface area contributed by atoms with Crippen LogP contribution in [0.5, 0.6) is 0 Å². The van der Waals surface area contributed by atoms with Gasteiger partial charge in [-0.2, -0.15) is 0 Å². The van der Waals surface area contributed by atoms with Crippen LogP contribution in [-0.2, 0) is 4.74 Å². The Labute approximate surface area is 69.7 Å². The van der Waals surface area contributed by atoms with Crippen LogP contribution in [0.25, 0.3) is 0 Å².